The fourth-order valence-corrected chi connectivity index (χ4v) is 3.02. The van der Waals surface area contributed by atoms with Gasteiger partial charge in [-0.25, -0.2) is 0 Å². The Balaban J connectivity index is 1.67. The van der Waals surface area contributed by atoms with E-state index in [4.69, 9.17) is 0 Å². The fraction of sp³-hybridized carbons (Fsp3) is 0.933. The first-order valence-electron chi connectivity index (χ1n) is 7.63. The average molecular weight is 252 g/mol. The number of hydrogen-bond donors (Lipinski definition) is 2. The highest BCUT2D eigenvalue weighted by molar-refractivity contribution is 5.81. The van der Waals surface area contributed by atoms with E-state index in [1.54, 1.807) is 0 Å². The van der Waals surface area contributed by atoms with Crippen molar-refractivity contribution in [3.63, 3.8) is 0 Å². The Labute approximate surface area is 111 Å². The molecule has 0 heterocycles. The molecule has 104 valence electrons. The number of hydrogen-bond acceptors (Lipinski definition) is 2. The van der Waals surface area contributed by atoms with Gasteiger partial charge in [-0.15, -0.1) is 0 Å². The predicted octanol–water partition coefficient (Wildman–Crippen LogP) is 2.60. The van der Waals surface area contributed by atoms with Crippen molar-refractivity contribution in [1.29, 1.82) is 0 Å². The molecule has 2 rings (SSSR count). The van der Waals surface area contributed by atoms with Gasteiger partial charge in [0.2, 0.25) is 5.91 Å². The van der Waals surface area contributed by atoms with E-state index >= 15 is 0 Å². The lowest BCUT2D eigenvalue weighted by atomic mass is 9.70. The summed E-state index contributed by atoms with van der Waals surface area (Å²) in [5.74, 6) is 0.185. The highest BCUT2D eigenvalue weighted by Crippen LogP contribution is 2.39. The summed E-state index contributed by atoms with van der Waals surface area (Å²) in [6.45, 7) is 5.28. The van der Waals surface area contributed by atoms with E-state index in [0.717, 1.165) is 19.4 Å². The van der Waals surface area contributed by atoms with E-state index in [1.165, 1.54) is 38.5 Å². The van der Waals surface area contributed by atoms with Crippen LogP contribution in [0.1, 0.15) is 65.2 Å². The van der Waals surface area contributed by atoms with E-state index in [-0.39, 0.29) is 11.9 Å². The van der Waals surface area contributed by atoms with E-state index in [2.05, 4.69) is 17.6 Å². The third-order valence-electron chi connectivity index (χ3n) is 4.74. The van der Waals surface area contributed by atoms with Crippen LogP contribution in [0.5, 0.6) is 0 Å². The minimum Gasteiger partial charge on any atom is -0.352 e. The van der Waals surface area contributed by atoms with Crippen LogP contribution < -0.4 is 10.6 Å². The number of amides is 1. The monoisotopic (exact) mass is 252 g/mol. The molecule has 0 radical (unpaired) electrons. The standard InChI is InChI=1S/C15H28N2O/c1-12(16-11-15(2)9-6-10-15)14(18)17-13-7-4-3-5-8-13/h12-13,16H,3-11H2,1-2H3,(H,17,18). The second-order valence-electron chi connectivity index (χ2n) is 6.61. The average Bonchev–Trinajstić information content (AvgIpc) is 2.34. The molecule has 0 bridgehead atoms. The van der Waals surface area contributed by atoms with Crippen LogP contribution in [0, 0.1) is 5.41 Å². The molecule has 2 aliphatic rings. The lowest BCUT2D eigenvalue weighted by molar-refractivity contribution is -0.123. The van der Waals surface area contributed by atoms with E-state index in [1.807, 2.05) is 6.92 Å². The Morgan fingerprint density at radius 1 is 1.22 bits per heavy atom. The minimum atomic E-state index is -0.0515. The molecule has 3 nitrogen and oxygen atoms in total. The zero-order valence-corrected chi connectivity index (χ0v) is 11.9. The summed E-state index contributed by atoms with van der Waals surface area (Å²) in [4.78, 5) is 12.1. The van der Waals surface area contributed by atoms with Gasteiger partial charge in [0.05, 0.1) is 6.04 Å². The van der Waals surface area contributed by atoms with Crippen molar-refractivity contribution in [3.8, 4) is 0 Å². The summed E-state index contributed by atoms with van der Waals surface area (Å²) >= 11 is 0. The van der Waals surface area contributed by atoms with E-state index < -0.39 is 0 Å². The molecule has 18 heavy (non-hydrogen) atoms. The fourth-order valence-electron chi connectivity index (χ4n) is 3.02. The maximum absolute atomic E-state index is 12.1. The smallest absolute Gasteiger partial charge is 0.237 e. The molecule has 0 aliphatic heterocycles. The number of rotatable bonds is 5. The molecule has 2 aliphatic carbocycles. The van der Waals surface area contributed by atoms with Gasteiger partial charge in [0, 0.05) is 12.6 Å². The summed E-state index contributed by atoms with van der Waals surface area (Å²) in [5.41, 5.74) is 0.444. The van der Waals surface area contributed by atoms with Crippen LogP contribution in [0.2, 0.25) is 0 Å². The summed E-state index contributed by atoms with van der Waals surface area (Å²) in [6.07, 6.45) is 10.1. The Morgan fingerprint density at radius 2 is 1.89 bits per heavy atom. The van der Waals surface area contributed by atoms with Gasteiger partial charge in [0.25, 0.3) is 0 Å². The first-order valence-corrected chi connectivity index (χ1v) is 7.63. The van der Waals surface area contributed by atoms with Crippen molar-refractivity contribution in [2.24, 2.45) is 5.41 Å². The van der Waals surface area contributed by atoms with Gasteiger partial charge in [-0.05, 0) is 38.0 Å². The zero-order valence-electron chi connectivity index (χ0n) is 11.9. The van der Waals surface area contributed by atoms with Gasteiger partial charge in [0.1, 0.15) is 0 Å². The number of carbonyl (C=O) groups is 1. The molecule has 0 aromatic heterocycles. The minimum absolute atomic E-state index is 0.0515. The van der Waals surface area contributed by atoms with Crippen LogP contribution in [0.15, 0.2) is 0 Å². The second kappa shape index (κ2) is 6.05. The SMILES string of the molecule is CC(NCC1(C)CCC1)C(=O)NC1CCCCC1. The molecule has 0 aromatic rings. The maximum atomic E-state index is 12.1. The summed E-state index contributed by atoms with van der Waals surface area (Å²) in [7, 11) is 0. The van der Waals surface area contributed by atoms with Gasteiger partial charge in [-0.3, -0.25) is 4.79 Å². The summed E-state index contributed by atoms with van der Waals surface area (Å²) < 4.78 is 0. The van der Waals surface area contributed by atoms with Crippen LogP contribution in [-0.2, 0) is 4.79 Å². The molecule has 3 heteroatoms. The Hall–Kier alpha value is -0.570. The molecule has 0 spiro atoms. The van der Waals surface area contributed by atoms with Crippen molar-refractivity contribution in [3.05, 3.63) is 0 Å². The highest BCUT2D eigenvalue weighted by atomic mass is 16.2. The van der Waals surface area contributed by atoms with Crippen LogP contribution >= 0.6 is 0 Å². The van der Waals surface area contributed by atoms with Crippen LogP contribution in [-0.4, -0.2) is 24.5 Å². The molecule has 1 unspecified atom stereocenters. The van der Waals surface area contributed by atoms with E-state index in [0.29, 0.717) is 11.5 Å². The topological polar surface area (TPSA) is 41.1 Å². The zero-order chi connectivity index (χ0) is 13.0. The lowest BCUT2D eigenvalue weighted by Crippen LogP contribution is -2.50. The largest absolute Gasteiger partial charge is 0.352 e. The lowest BCUT2D eigenvalue weighted by Gasteiger charge is -2.39. The number of carbonyl (C=O) groups excluding carboxylic acids is 1. The Morgan fingerprint density at radius 3 is 2.44 bits per heavy atom. The van der Waals surface area contributed by atoms with Crippen molar-refractivity contribution < 1.29 is 4.79 Å². The normalized spacial score (nSPS) is 25.2. The predicted molar refractivity (Wildman–Crippen MR) is 74.4 cm³/mol. The summed E-state index contributed by atoms with van der Waals surface area (Å²) in [6, 6.07) is 0.374. The third-order valence-corrected chi connectivity index (χ3v) is 4.74. The van der Waals surface area contributed by atoms with Crippen molar-refractivity contribution in [2.75, 3.05) is 6.54 Å². The molecule has 0 saturated heterocycles. The number of nitrogens with one attached hydrogen (secondary N) is 2. The molecule has 2 N–H and O–H groups in total. The van der Waals surface area contributed by atoms with Gasteiger partial charge in [-0.1, -0.05) is 32.6 Å². The van der Waals surface area contributed by atoms with Crippen LogP contribution in [0.3, 0.4) is 0 Å². The van der Waals surface area contributed by atoms with E-state index in [9.17, 15) is 4.79 Å². The van der Waals surface area contributed by atoms with Crippen molar-refractivity contribution in [1.82, 2.24) is 10.6 Å². The first-order chi connectivity index (χ1) is 8.59. The second-order valence-corrected chi connectivity index (χ2v) is 6.61. The van der Waals surface area contributed by atoms with Crippen molar-refractivity contribution >= 4 is 5.91 Å². The molecule has 1 atom stereocenters. The van der Waals surface area contributed by atoms with Gasteiger partial charge in [0.15, 0.2) is 0 Å². The van der Waals surface area contributed by atoms with Crippen LogP contribution in [0.4, 0.5) is 0 Å². The first kappa shape index (κ1) is 13.9. The molecule has 1 amide bonds. The summed E-state index contributed by atoms with van der Waals surface area (Å²) in [5, 5.41) is 6.59. The van der Waals surface area contributed by atoms with Crippen molar-refractivity contribution in [2.45, 2.75) is 77.3 Å². The molecular formula is C15H28N2O. The Bertz CT molecular complexity index is 280. The molecule has 2 saturated carbocycles. The van der Waals surface area contributed by atoms with Crippen LogP contribution in [0.25, 0.3) is 0 Å². The van der Waals surface area contributed by atoms with Gasteiger partial charge >= 0.3 is 0 Å². The third kappa shape index (κ3) is 3.71. The Kier molecular flexibility index (Phi) is 4.66. The van der Waals surface area contributed by atoms with Gasteiger partial charge in [-0.2, -0.15) is 0 Å². The molecular weight excluding hydrogens is 224 g/mol. The maximum Gasteiger partial charge on any atom is 0.237 e. The quantitative estimate of drug-likeness (QED) is 0.789. The molecule has 2 fully saturated rings. The molecule has 0 aromatic carbocycles. The van der Waals surface area contributed by atoms with Gasteiger partial charge < -0.3 is 10.6 Å². The highest BCUT2D eigenvalue weighted by Gasteiger charge is 2.32.